The zero-order chi connectivity index (χ0) is 34.7. The lowest BCUT2D eigenvalue weighted by molar-refractivity contribution is -0.187. The van der Waals surface area contributed by atoms with Gasteiger partial charge in [-0.3, -0.25) is 14.6 Å². The molecule has 2 N–H and O–H groups in total. The molecule has 50 heavy (non-hydrogen) atoms. The van der Waals surface area contributed by atoms with Gasteiger partial charge < -0.3 is 29.2 Å². The summed E-state index contributed by atoms with van der Waals surface area (Å²) in [7, 11) is 1.67. The van der Waals surface area contributed by atoms with E-state index in [9.17, 15) is 14.7 Å². The molecule has 11 nitrogen and oxygen atoms in total. The Morgan fingerprint density at radius 1 is 1.10 bits per heavy atom. The number of hydrazine groups is 1. The number of rotatable bonds is 7. The summed E-state index contributed by atoms with van der Waals surface area (Å²) in [5, 5.41) is 18.4. The summed E-state index contributed by atoms with van der Waals surface area (Å²) in [4.78, 5) is 34.3. The van der Waals surface area contributed by atoms with Crippen LogP contribution in [0.25, 0.3) is 11.1 Å². The molecule has 3 aliphatic heterocycles. The normalized spacial score (nSPS) is 21.8. The Balaban J connectivity index is 1.20. The third-order valence-electron chi connectivity index (χ3n) is 10.9. The van der Waals surface area contributed by atoms with Gasteiger partial charge in [-0.05, 0) is 73.2 Å². The number of ether oxygens (including phenoxy) is 1. The van der Waals surface area contributed by atoms with Crippen LogP contribution in [-0.4, -0.2) is 75.1 Å². The zero-order valence-corrected chi connectivity index (χ0v) is 28.9. The third-order valence-corrected chi connectivity index (χ3v) is 10.9. The Bertz CT molecular complexity index is 2010. The fourth-order valence-corrected chi connectivity index (χ4v) is 8.37. The molecule has 2 fully saturated rings. The Morgan fingerprint density at radius 3 is 2.68 bits per heavy atom. The zero-order valence-electron chi connectivity index (χ0n) is 28.9. The Morgan fingerprint density at radius 2 is 1.94 bits per heavy atom. The maximum Gasteiger partial charge on any atom is 0.275 e. The monoisotopic (exact) mass is 681 g/mol. The molecule has 1 amide bonds. The van der Waals surface area contributed by atoms with E-state index in [1.807, 2.05) is 29.3 Å². The lowest BCUT2D eigenvalue weighted by atomic mass is 9.78. The van der Waals surface area contributed by atoms with Crippen LogP contribution in [0.5, 0.6) is 0 Å². The molecular formula is C38H44FN7O4. The molecule has 4 aromatic rings. The van der Waals surface area contributed by atoms with Gasteiger partial charge in [0.05, 0.1) is 25.0 Å². The summed E-state index contributed by atoms with van der Waals surface area (Å²) in [6.45, 7) is 7.51. The summed E-state index contributed by atoms with van der Waals surface area (Å²) >= 11 is 0. The van der Waals surface area contributed by atoms with E-state index >= 15 is 4.39 Å². The number of pyridine rings is 2. The number of amides is 1. The fraction of sp³-hybridized carbons (Fsp3) is 0.447. The minimum Gasteiger partial charge on any atom is -0.392 e. The molecule has 6 heterocycles. The summed E-state index contributed by atoms with van der Waals surface area (Å²) in [5.74, 6) is -0.167. The molecule has 0 saturated carbocycles. The van der Waals surface area contributed by atoms with Gasteiger partial charge in [-0.25, -0.2) is 14.4 Å². The first-order valence-corrected chi connectivity index (χ1v) is 17.6. The summed E-state index contributed by atoms with van der Waals surface area (Å²) in [5.41, 5.74) is 4.88. The van der Waals surface area contributed by atoms with Gasteiger partial charge in [0.2, 0.25) is 0 Å². The predicted octanol–water partition coefficient (Wildman–Crippen LogP) is 4.17. The SMILES string of the molecule is Cn1cc(-c2cc(F)cc(N3CCn4c(cc5c4CCCC5)C3=O)c2CO)cc(N(c2ccccn2)N2CCNC(C3OCC3(C)C)C2)c1=O. The number of aryl methyl sites for hydroxylation is 2. The van der Waals surface area contributed by atoms with E-state index in [1.54, 1.807) is 30.4 Å². The Kier molecular flexibility index (Phi) is 8.37. The van der Waals surface area contributed by atoms with Crippen LogP contribution in [0.2, 0.25) is 0 Å². The van der Waals surface area contributed by atoms with Gasteiger partial charge in [-0.2, -0.15) is 0 Å². The number of benzene rings is 1. The van der Waals surface area contributed by atoms with Crippen molar-refractivity contribution in [3.63, 3.8) is 0 Å². The summed E-state index contributed by atoms with van der Waals surface area (Å²) < 4.78 is 25.3. The molecule has 2 saturated heterocycles. The van der Waals surface area contributed by atoms with E-state index in [0.717, 1.165) is 25.7 Å². The quantitative estimate of drug-likeness (QED) is 0.300. The maximum absolute atomic E-state index is 15.7. The number of halogens is 1. The van der Waals surface area contributed by atoms with Crippen molar-refractivity contribution < 1.29 is 19.0 Å². The van der Waals surface area contributed by atoms with E-state index in [4.69, 9.17) is 4.74 Å². The van der Waals surface area contributed by atoms with E-state index in [2.05, 4.69) is 33.7 Å². The summed E-state index contributed by atoms with van der Waals surface area (Å²) in [6, 6.07) is 12.0. The van der Waals surface area contributed by atoms with Gasteiger partial charge >= 0.3 is 0 Å². The van der Waals surface area contributed by atoms with Crippen LogP contribution in [0.3, 0.4) is 0 Å². The standard InChI is InChI=1S/C38H44FN7O4/c1-38(2)23-50-35(38)29-21-43(13-12-40-29)46(34-10-6-7-11-41-34)33-17-25(20-42(3)36(33)48)27-18-26(39)19-31(28(27)22-47)45-15-14-44-30-9-5-4-8-24(30)16-32(44)37(45)49/h6-7,10-11,16-20,29,35,40,47H,4-5,8-9,12-15,21-23H2,1-3H3. The molecule has 2 atom stereocenters. The van der Waals surface area contributed by atoms with Crippen molar-refractivity contribution in [2.45, 2.75) is 64.8 Å². The highest BCUT2D eigenvalue weighted by Gasteiger charge is 2.47. The van der Waals surface area contributed by atoms with E-state index in [-0.39, 0.29) is 29.0 Å². The average molecular weight is 682 g/mol. The van der Waals surface area contributed by atoms with Crippen molar-refractivity contribution in [3.8, 4) is 11.1 Å². The van der Waals surface area contributed by atoms with Gasteiger partial charge in [0.1, 0.15) is 23.0 Å². The third kappa shape index (κ3) is 5.54. The number of aliphatic hydroxyl groups is 1. The van der Waals surface area contributed by atoms with Crippen LogP contribution in [-0.2, 0) is 37.8 Å². The first-order valence-electron chi connectivity index (χ1n) is 17.6. The molecule has 12 heteroatoms. The minimum absolute atomic E-state index is 0.0219. The minimum atomic E-state index is -0.537. The highest BCUT2D eigenvalue weighted by molar-refractivity contribution is 6.07. The fourth-order valence-electron chi connectivity index (χ4n) is 8.37. The molecule has 262 valence electrons. The molecule has 0 spiro atoms. The van der Waals surface area contributed by atoms with Crippen LogP contribution in [0.4, 0.5) is 21.6 Å². The van der Waals surface area contributed by atoms with Crippen LogP contribution in [0, 0.1) is 11.2 Å². The smallest absolute Gasteiger partial charge is 0.275 e. The second kappa shape index (κ2) is 12.8. The Labute approximate surface area is 290 Å². The van der Waals surface area contributed by atoms with Gasteiger partial charge in [0.25, 0.3) is 11.5 Å². The molecule has 8 rings (SSSR count). The average Bonchev–Trinajstić information content (AvgIpc) is 3.50. The lowest BCUT2D eigenvalue weighted by Crippen LogP contribution is -2.66. The number of hydrogen-bond donors (Lipinski definition) is 2. The van der Waals surface area contributed by atoms with Crippen molar-refractivity contribution in [2.24, 2.45) is 12.5 Å². The molecule has 1 aromatic carbocycles. The molecule has 0 bridgehead atoms. The number of fused-ring (bicyclic) bond motifs is 3. The van der Waals surface area contributed by atoms with Crippen LogP contribution in [0.1, 0.15) is 54.0 Å². The van der Waals surface area contributed by atoms with Crippen LogP contribution < -0.4 is 20.8 Å². The first-order chi connectivity index (χ1) is 24.1. The molecule has 0 radical (unpaired) electrons. The molecule has 2 unspecified atom stereocenters. The van der Waals surface area contributed by atoms with E-state index < -0.39 is 12.4 Å². The summed E-state index contributed by atoms with van der Waals surface area (Å²) in [6.07, 6.45) is 7.51. The van der Waals surface area contributed by atoms with Gasteiger partial charge in [-0.15, -0.1) is 0 Å². The Hall–Kier alpha value is -4.36. The number of carbonyl (C=O) groups excluding carboxylic acids is 1. The van der Waals surface area contributed by atoms with E-state index in [0.29, 0.717) is 78.9 Å². The highest BCUT2D eigenvalue weighted by Crippen LogP contribution is 2.39. The largest absolute Gasteiger partial charge is 0.392 e. The number of piperazine rings is 1. The van der Waals surface area contributed by atoms with Crippen molar-refractivity contribution in [3.05, 3.63) is 93.5 Å². The number of nitrogens with one attached hydrogen (secondary N) is 1. The van der Waals surface area contributed by atoms with Crippen molar-refractivity contribution >= 4 is 23.1 Å². The topological polar surface area (TPSA) is 108 Å². The van der Waals surface area contributed by atoms with Gasteiger partial charge in [0, 0.05) is 80.4 Å². The number of aromatic nitrogens is 3. The predicted molar refractivity (Wildman–Crippen MR) is 189 cm³/mol. The molecule has 4 aliphatic rings. The number of aliphatic hydroxyl groups excluding tert-OH is 1. The van der Waals surface area contributed by atoms with Crippen molar-refractivity contribution in [1.29, 1.82) is 0 Å². The van der Waals surface area contributed by atoms with Crippen LogP contribution >= 0.6 is 0 Å². The second-order valence-corrected chi connectivity index (χ2v) is 14.6. The van der Waals surface area contributed by atoms with Gasteiger partial charge in [-0.1, -0.05) is 19.9 Å². The lowest BCUT2D eigenvalue weighted by Gasteiger charge is -2.51. The number of hydrogen-bond acceptors (Lipinski definition) is 8. The number of carbonyl (C=O) groups is 1. The number of anilines is 3. The second-order valence-electron chi connectivity index (χ2n) is 14.6. The van der Waals surface area contributed by atoms with E-state index in [1.165, 1.54) is 28.0 Å². The van der Waals surface area contributed by atoms with Gasteiger partial charge in [0.15, 0.2) is 0 Å². The highest BCUT2D eigenvalue weighted by atomic mass is 19.1. The molecule has 1 aliphatic carbocycles. The van der Waals surface area contributed by atoms with Crippen molar-refractivity contribution in [1.82, 2.24) is 24.4 Å². The maximum atomic E-state index is 15.7. The molecular weight excluding hydrogens is 637 g/mol. The molecule has 3 aromatic heterocycles. The first kappa shape index (κ1) is 32.8. The van der Waals surface area contributed by atoms with Crippen LogP contribution in [0.15, 0.2) is 59.7 Å². The number of nitrogens with zero attached hydrogens (tertiary/aromatic N) is 6. The van der Waals surface area contributed by atoms with Crippen molar-refractivity contribution in [2.75, 3.05) is 42.7 Å².